The van der Waals surface area contributed by atoms with Crippen molar-refractivity contribution in [1.82, 2.24) is 0 Å². The van der Waals surface area contributed by atoms with Crippen LogP contribution in [0.5, 0.6) is 5.75 Å². The Kier molecular flexibility index (Phi) is 5.48. The number of aldehydes is 1. The largest absolute Gasteiger partial charge is 0.508 e. The summed E-state index contributed by atoms with van der Waals surface area (Å²) in [5.41, 5.74) is 7.86. The summed E-state index contributed by atoms with van der Waals surface area (Å²) >= 11 is 0. The normalized spacial score (nSPS) is 26.2. The summed E-state index contributed by atoms with van der Waals surface area (Å²) in [5, 5.41) is 44.2. The molecule has 1 fully saturated rings. The van der Waals surface area contributed by atoms with E-state index in [-0.39, 0.29) is 35.1 Å². The number of benzene rings is 1. The number of ketones is 2. The number of carbonyl (C=O) groups excluding carboxylic acids is 4. The monoisotopic (exact) mass is 483 g/mol. The molecule has 1 aromatic carbocycles. The van der Waals surface area contributed by atoms with E-state index in [9.17, 15) is 39.6 Å². The maximum absolute atomic E-state index is 13.6. The van der Waals surface area contributed by atoms with Gasteiger partial charge in [0.05, 0.1) is 5.56 Å². The van der Waals surface area contributed by atoms with E-state index in [4.69, 9.17) is 11.5 Å². The third-order valence-electron chi connectivity index (χ3n) is 7.14. The highest BCUT2D eigenvalue weighted by Crippen LogP contribution is 2.53. The molecule has 8 N–H and O–H groups in total. The second kappa shape index (κ2) is 7.98. The van der Waals surface area contributed by atoms with Crippen molar-refractivity contribution in [2.45, 2.75) is 24.9 Å². The lowest BCUT2D eigenvalue weighted by Gasteiger charge is -2.46. The van der Waals surface area contributed by atoms with Gasteiger partial charge in [-0.1, -0.05) is 0 Å². The Bertz CT molecular complexity index is 1310. The molecule has 3 atom stereocenters. The third-order valence-corrected chi connectivity index (χ3v) is 7.14. The molecule has 184 valence electrons. The van der Waals surface area contributed by atoms with E-state index >= 15 is 0 Å². The first kappa shape index (κ1) is 24.0. The number of aromatic hydroxyl groups is 1. The number of rotatable bonds is 4. The van der Waals surface area contributed by atoms with E-state index in [2.05, 4.69) is 0 Å². The van der Waals surface area contributed by atoms with E-state index in [1.165, 1.54) is 0 Å². The number of primary amides is 1. The van der Waals surface area contributed by atoms with Crippen molar-refractivity contribution in [3.05, 3.63) is 45.9 Å². The van der Waals surface area contributed by atoms with Crippen molar-refractivity contribution in [3.8, 4) is 5.75 Å². The van der Waals surface area contributed by atoms with Gasteiger partial charge in [0.15, 0.2) is 17.7 Å². The molecule has 0 radical (unpaired) electrons. The number of Topliss-reactive ketones (excluding diaryl/α,β-unsaturated/α-hetero) is 2. The summed E-state index contributed by atoms with van der Waals surface area (Å²) in [4.78, 5) is 51.0. The highest BCUT2D eigenvalue weighted by molar-refractivity contribution is 6.23. The first-order valence-electron chi connectivity index (χ1n) is 10.8. The second-order valence-corrected chi connectivity index (χ2v) is 9.19. The number of fused-ring (bicyclic) bond motifs is 3. The first-order valence-corrected chi connectivity index (χ1v) is 10.8. The summed E-state index contributed by atoms with van der Waals surface area (Å²) in [6.45, 7) is 0. The fourth-order valence-corrected chi connectivity index (χ4v) is 5.48. The zero-order chi connectivity index (χ0) is 26.0. The van der Waals surface area contributed by atoms with E-state index in [1.54, 1.807) is 25.1 Å². The molecule has 3 aliphatic rings. The number of hydrogen-bond acceptors (Lipinski definition) is 10. The van der Waals surface area contributed by atoms with Gasteiger partial charge >= 0.3 is 0 Å². The molecule has 3 aliphatic carbocycles. The maximum Gasteiger partial charge on any atom is 0.255 e. The Labute approximate surface area is 199 Å². The number of nitrogens with zero attached hydrogens (tertiary/aromatic N) is 1. The Morgan fingerprint density at radius 3 is 2.40 bits per heavy atom. The van der Waals surface area contributed by atoms with Gasteiger partial charge in [-0.2, -0.15) is 0 Å². The number of phenolic OH excluding ortho intramolecular Hbond substituents is 1. The van der Waals surface area contributed by atoms with Crippen molar-refractivity contribution in [2.75, 3.05) is 19.0 Å². The summed E-state index contributed by atoms with van der Waals surface area (Å²) in [5.74, 6) is -7.12. The molecule has 0 aromatic heterocycles. The van der Waals surface area contributed by atoms with Crippen LogP contribution in [0.15, 0.2) is 29.2 Å². The summed E-state index contributed by atoms with van der Waals surface area (Å²) in [7, 11) is 3.44. The summed E-state index contributed by atoms with van der Waals surface area (Å²) in [6.07, 6.45) is 1.22. The Hall–Kier alpha value is -4.12. The molecule has 4 rings (SSSR count). The lowest BCUT2D eigenvalue weighted by Crippen LogP contribution is -2.58. The average Bonchev–Trinajstić information content (AvgIpc) is 2.77. The topological polar surface area (TPSA) is 204 Å². The number of phenols is 1. The van der Waals surface area contributed by atoms with Crippen LogP contribution in [0.2, 0.25) is 0 Å². The minimum Gasteiger partial charge on any atom is -0.508 e. The quantitative estimate of drug-likeness (QED) is 0.192. The fraction of sp³-hybridized carbons (Fsp3) is 0.333. The van der Waals surface area contributed by atoms with Gasteiger partial charge in [0, 0.05) is 55.0 Å². The van der Waals surface area contributed by atoms with Gasteiger partial charge in [-0.05, 0) is 30.4 Å². The van der Waals surface area contributed by atoms with Crippen molar-refractivity contribution in [2.24, 2.45) is 23.3 Å². The van der Waals surface area contributed by atoms with Crippen LogP contribution in [0.4, 0.5) is 5.69 Å². The molecule has 0 heterocycles. The maximum atomic E-state index is 13.6. The number of anilines is 1. The predicted octanol–water partition coefficient (Wildman–Crippen LogP) is -0.0116. The van der Waals surface area contributed by atoms with Crippen LogP contribution in [0.25, 0.3) is 11.3 Å². The van der Waals surface area contributed by atoms with Crippen LogP contribution in [-0.4, -0.2) is 63.9 Å². The Morgan fingerprint density at radius 1 is 1.20 bits per heavy atom. The van der Waals surface area contributed by atoms with E-state index in [0.717, 1.165) is 6.20 Å². The zero-order valence-corrected chi connectivity index (χ0v) is 19.0. The van der Waals surface area contributed by atoms with E-state index in [0.29, 0.717) is 17.5 Å². The van der Waals surface area contributed by atoms with Gasteiger partial charge in [0.1, 0.15) is 22.8 Å². The Balaban J connectivity index is 2.00. The molecule has 0 saturated heterocycles. The second-order valence-electron chi connectivity index (χ2n) is 9.19. The van der Waals surface area contributed by atoms with Crippen LogP contribution in [-0.2, 0) is 25.6 Å². The van der Waals surface area contributed by atoms with Crippen LogP contribution in [0, 0.1) is 11.8 Å². The molecular formula is C24H25N3O8. The summed E-state index contributed by atoms with van der Waals surface area (Å²) < 4.78 is 0. The average molecular weight is 483 g/mol. The SMILES string of the molecule is CN(C)c1cc(C(C=O)=CN)c(O)c2c1CC1CC3CC(=O)C(C(N)=O)=C(O)[C@@]3(O)C(=O)C1=C2O. The molecule has 1 amide bonds. The van der Waals surface area contributed by atoms with Gasteiger partial charge in [-0.15, -0.1) is 0 Å². The number of hydrogen-bond donors (Lipinski definition) is 6. The molecule has 11 heteroatoms. The van der Waals surface area contributed by atoms with Crippen molar-refractivity contribution < 1.29 is 39.6 Å². The minimum absolute atomic E-state index is 0.0254. The van der Waals surface area contributed by atoms with Gasteiger partial charge in [-0.3, -0.25) is 19.2 Å². The molecular weight excluding hydrogens is 458 g/mol. The number of aliphatic hydroxyl groups excluding tert-OH is 2. The van der Waals surface area contributed by atoms with Crippen LogP contribution in [0.3, 0.4) is 0 Å². The smallest absolute Gasteiger partial charge is 0.255 e. The highest BCUT2D eigenvalue weighted by atomic mass is 16.3. The zero-order valence-electron chi connectivity index (χ0n) is 19.0. The highest BCUT2D eigenvalue weighted by Gasteiger charge is 2.60. The van der Waals surface area contributed by atoms with E-state index in [1.807, 2.05) is 0 Å². The molecule has 2 unspecified atom stereocenters. The third kappa shape index (κ3) is 3.15. The van der Waals surface area contributed by atoms with Crippen molar-refractivity contribution >= 4 is 40.8 Å². The van der Waals surface area contributed by atoms with Crippen molar-refractivity contribution in [1.29, 1.82) is 0 Å². The molecule has 0 aliphatic heterocycles. The molecule has 1 saturated carbocycles. The van der Waals surface area contributed by atoms with E-state index < -0.39 is 64.2 Å². The van der Waals surface area contributed by atoms with Gasteiger partial charge in [-0.25, -0.2) is 0 Å². The molecule has 11 nitrogen and oxygen atoms in total. The van der Waals surface area contributed by atoms with Crippen molar-refractivity contribution in [3.63, 3.8) is 0 Å². The lowest BCUT2D eigenvalue weighted by molar-refractivity contribution is -0.147. The van der Waals surface area contributed by atoms with Crippen LogP contribution in [0.1, 0.15) is 29.5 Å². The molecule has 0 spiro atoms. The van der Waals surface area contributed by atoms with Gasteiger partial charge in [0.25, 0.3) is 5.91 Å². The number of carbonyl (C=O) groups is 4. The minimum atomic E-state index is -2.64. The molecule has 35 heavy (non-hydrogen) atoms. The predicted molar refractivity (Wildman–Crippen MR) is 124 cm³/mol. The van der Waals surface area contributed by atoms with Gasteiger partial charge in [0.2, 0.25) is 5.78 Å². The number of aliphatic hydroxyl groups is 3. The number of nitrogens with two attached hydrogens (primary N) is 2. The number of amides is 1. The fourth-order valence-electron chi connectivity index (χ4n) is 5.48. The van der Waals surface area contributed by atoms with Crippen LogP contribution >= 0.6 is 0 Å². The lowest BCUT2D eigenvalue weighted by atomic mass is 9.59. The Morgan fingerprint density at radius 2 is 1.86 bits per heavy atom. The van der Waals surface area contributed by atoms with Crippen LogP contribution < -0.4 is 16.4 Å². The standard InChI is InChI=1S/C24H25N3O8/c1-27(2)14-6-12(10(7-25)8-28)19(30)17-13(14)4-9-3-11-5-15(29)18(23(26)34)22(33)24(11,35)21(32)16(9)20(17)31/h6-9,11,30-31,33,35H,3-5,25H2,1-2H3,(H2,26,34)/t9?,11?,24-/m0/s1. The molecule has 1 aromatic rings. The first-order chi connectivity index (χ1) is 16.4. The van der Waals surface area contributed by atoms with Gasteiger partial charge < -0.3 is 36.8 Å². The molecule has 0 bridgehead atoms. The summed E-state index contributed by atoms with van der Waals surface area (Å²) in [6, 6.07) is 1.54. The number of allylic oxidation sites excluding steroid dienone is 1.